The second kappa shape index (κ2) is 5.08. The molecule has 0 atom stereocenters. The summed E-state index contributed by atoms with van der Waals surface area (Å²) in [6.45, 7) is -2.11. The summed E-state index contributed by atoms with van der Waals surface area (Å²) >= 11 is 0. The van der Waals surface area contributed by atoms with Crippen LogP contribution >= 0.6 is 0 Å². The van der Waals surface area contributed by atoms with Gasteiger partial charge in [0.2, 0.25) is 5.96 Å². The van der Waals surface area contributed by atoms with Gasteiger partial charge >= 0.3 is 0 Å². The Hall–Kier alpha value is -1.77. The number of aliphatic imine (C=N–C) groups is 1. The molecule has 104 valence electrons. The molecule has 0 radical (unpaired) electrons. The number of hydrogen-bond donors (Lipinski definition) is 2. The van der Waals surface area contributed by atoms with Gasteiger partial charge in [-0.05, 0) is 18.2 Å². The van der Waals surface area contributed by atoms with Crippen molar-refractivity contribution in [1.82, 2.24) is 4.72 Å². The Kier molecular flexibility index (Phi) is 3.65. The predicted octanol–water partition coefficient (Wildman–Crippen LogP) is 1.19. The number of halogens is 3. The lowest BCUT2D eigenvalue weighted by Gasteiger charge is -2.22. The molecule has 0 saturated carbocycles. The summed E-state index contributed by atoms with van der Waals surface area (Å²) in [5, 5.41) is 2.54. The third-order valence-electron chi connectivity index (χ3n) is 2.39. The number of nitrogens with zero attached hydrogens (tertiary/aromatic N) is 1. The highest BCUT2D eigenvalue weighted by molar-refractivity contribution is 7.90. The van der Waals surface area contributed by atoms with Crippen LogP contribution in [0.25, 0.3) is 0 Å². The third kappa shape index (κ3) is 2.80. The smallest absolute Gasteiger partial charge is 0.266 e. The van der Waals surface area contributed by atoms with E-state index < -0.39 is 35.2 Å². The average Bonchev–Trinajstić information content (AvgIpc) is 2.36. The second-order valence-corrected chi connectivity index (χ2v) is 5.46. The normalized spacial score (nSPS) is 18.8. The first-order valence-electron chi connectivity index (χ1n) is 5.25. The molecule has 19 heavy (non-hydrogen) atoms. The van der Waals surface area contributed by atoms with Crippen molar-refractivity contribution >= 4 is 21.7 Å². The number of rotatable bonds is 3. The first-order valence-corrected chi connectivity index (χ1v) is 6.73. The molecule has 0 spiro atoms. The van der Waals surface area contributed by atoms with Gasteiger partial charge in [-0.25, -0.2) is 31.3 Å². The van der Waals surface area contributed by atoms with E-state index in [4.69, 9.17) is 0 Å². The largest absolute Gasteiger partial charge is 0.324 e. The number of guanidine groups is 1. The van der Waals surface area contributed by atoms with Crippen molar-refractivity contribution in [2.45, 2.75) is 10.9 Å². The van der Waals surface area contributed by atoms with Gasteiger partial charge in [-0.3, -0.25) is 0 Å². The molecule has 1 aromatic rings. The Labute approximate surface area is 107 Å². The van der Waals surface area contributed by atoms with Crippen LogP contribution in [0.4, 0.5) is 18.9 Å². The molecule has 1 aromatic carbocycles. The molecule has 5 nitrogen and oxygen atoms in total. The molecular formula is C10H10F3N3O2S. The van der Waals surface area contributed by atoms with Crippen molar-refractivity contribution in [2.24, 2.45) is 4.99 Å². The molecule has 0 saturated heterocycles. The molecule has 2 rings (SSSR count). The predicted molar refractivity (Wildman–Crippen MR) is 63.5 cm³/mol. The van der Waals surface area contributed by atoms with Gasteiger partial charge in [0.1, 0.15) is 30.1 Å². The summed E-state index contributed by atoms with van der Waals surface area (Å²) in [7, 11) is -4.00. The minimum Gasteiger partial charge on any atom is -0.324 e. The van der Waals surface area contributed by atoms with E-state index in [0.29, 0.717) is 0 Å². The summed E-state index contributed by atoms with van der Waals surface area (Å²) in [6.07, 6.45) is 0. The Morgan fingerprint density at radius 2 is 1.95 bits per heavy atom. The molecule has 0 aliphatic carbocycles. The highest BCUT2D eigenvalue weighted by Gasteiger charge is 2.27. The molecule has 0 fully saturated rings. The molecule has 9 heteroatoms. The van der Waals surface area contributed by atoms with Crippen molar-refractivity contribution in [2.75, 3.05) is 18.7 Å². The van der Waals surface area contributed by atoms with Gasteiger partial charge in [-0.1, -0.05) is 0 Å². The molecule has 1 aliphatic heterocycles. The van der Waals surface area contributed by atoms with Crippen molar-refractivity contribution in [3.8, 4) is 0 Å². The Balaban J connectivity index is 2.41. The minimum atomic E-state index is -4.00. The third-order valence-corrected chi connectivity index (χ3v) is 3.76. The van der Waals surface area contributed by atoms with E-state index in [1.165, 1.54) is 6.07 Å². The average molecular weight is 293 g/mol. The summed E-state index contributed by atoms with van der Waals surface area (Å²) in [6, 6.07) is 1.82. The van der Waals surface area contributed by atoms with Crippen molar-refractivity contribution < 1.29 is 21.6 Å². The van der Waals surface area contributed by atoms with Crippen molar-refractivity contribution in [3.63, 3.8) is 0 Å². The first-order chi connectivity index (χ1) is 8.96. The molecule has 1 heterocycles. The van der Waals surface area contributed by atoms with E-state index >= 15 is 0 Å². The van der Waals surface area contributed by atoms with Crippen LogP contribution < -0.4 is 10.0 Å². The number of anilines is 1. The molecule has 0 bridgehead atoms. The van der Waals surface area contributed by atoms with E-state index in [0.717, 1.165) is 12.1 Å². The molecule has 1 aliphatic rings. The van der Waals surface area contributed by atoms with Crippen LogP contribution in [0.2, 0.25) is 0 Å². The van der Waals surface area contributed by atoms with E-state index in [-0.39, 0.29) is 16.5 Å². The maximum absolute atomic E-state index is 13.0. The Morgan fingerprint density at radius 3 is 2.58 bits per heavy atom. The number of alkyl halides is 2. The van der Waals surface area contributed by atoms with Crippen molar-refractivity contribution in [3.05, 3.63) is 24.0 Å². The Bertz CT molecular complexity index is 614. The van der Waals surface area contributed by atoms with Gasteiger partial charge in [0.15, 0.2) is 0 Å². The Morgan fingerprint density at radius 1 is 1.26 bits per heavy atom. The van der Waals surface area contributed by atoms with Crippen LogP contribution in [-0.4, -0.2) is 33.8 Å². The standard InChI is InChI=1S/C10H10F3N3O2S/c11-4-7(5-12)14-10-15-8-2-1-6(13)3-9(8)19(17,18)16-10/h1-3,7H,4-5H2,(H2,14,15,16). The van der Waals surface area contributed by atoms with Gasteiger partial charge in [0, 0.05) is 0 Å². The van der Waals surface area contributed by atoms with E-state index in [9.17, 15) is 21.6 Å². The maximum atomic E-state index is 13.0. The van der Waals surface area contributed by atoms with E-state index in [1.54, 1.807) is 0 Å². The lowest BCUT2D eigenvalue weighted by molar-refractivity contribution is 0.354. The zero-order valence-electron chi connectivity index (χ0n) is 9.53. The lowest BCUT2D eigenvalue weighted by Crippen LogP contribution is -2.41. The molecule has 2 N–H and O–H groups in total. The fraction of sp³-hybridized carbons (Fsp3) is 0.300. The number of hydrogen-bond acceptors (Lipinski definition) is 3. The highest BCUT2D eigenvalue weighted by Crippen LogP contribution is 2.25. The summed E-state index contributed by atoms with van der Waals surface area (Å²) < 4.78 is 63.3. The topological polar surface area (TPSA) is 70.6 Å². The minimum absolute atomic E-state index is 0.0929. The fourth-order valence-corrected chi connectivity index (χ4v) is 2.65. The zero-order valence-corrected chi connectivity index (χ0v) is 10.3. The van der Waals surface area contributed by atoms with Crippen LogP contribution in [0.3, 0.4) is 0 Å². The summed E-state index contributed by atoms with van der Waals surface area (Å²) in [5.41, 5.74) is 0.0929. The van der Waals surface area contributed by atoms with Gasteiger partial charge < -0.3 is 5.32 Å². The monoisotopic (exact) mass is 293 g/mol. The first kappa shape index (κ1) is 13.7. The van der Waals surface area contributed by atoms with Crippen LogP contribution in [0, 0.1) is 5.82 Å². The van der Waals surface area contributed by atoms with Gasteiger partial charge in [0.05, 0.1) is 5.69 Å². The quantitative estimate of drug-likeness (QED) is 0.879. The summed E-state index contributed by atoms with van der Waals surface area (Å²) in [4.78, 5) is 3.27. The molecular weight excluding hydrogens is 283 g/mol. The van der Waals surface area contributed by atoms with Crippen LogP contribution in [-0.2, 0) is 10.0 Å². The van der Waals surface area contributed by atoms with Gasteiger partial charge in [-0.15, -0.1) is 0 Å². The number of sulfonamides is 1. The maximum Gasteiger partial charge on any atom is 0.266 e. The van der Waals surface area contributed by atoms with Gasteiger partial charge in [0.25, 0.3) is 10.0 Å². The van der Waals surface area contributed by atoms with E-state index in [2.05, 4.69) is 10.3 Å². The number of fused-ring (bicyclic) bond motifs is 1. The van der Waals surface area contributed by atoms with Crippen molar-refractivity contribution in [1.29, 1.82) is 0 Å². The number of benzene rings is 1. The van der Waals surface area contributed by atoms with Gasteiger partial charge in [-0.2, -0.15) is 0 Å². The SMILES string of the molecule is O=S1(=O)NC(=NC(CF)CF)Nc2ccc(F)cc21. The summed E-state index contributed by atoms with van der Waals surface area (Å²) in [5.74, 6) is -1.00. The van der Waals surface area contributed by atoms with Crippen LogP contribution in [0.1, 0.15) is 0 Å². The number of nitrogens with one attached hydrogen (secondary N) is 2. The molecule has 0 amide bonds. The molecule has 0 aromatic heterocycles. The lowest BCUT2D eigenvalue weighted by atomic mass is 10.3. The van der Waals surface area contributed by atoms with Crippen LogP contribution in [0.5, 0.6) is 0 Å². The zero-order chi connectivity index (χ0) is 14.0. The fourth-order valence-electron chi connectivity index (χ4n) is 1.51. The molecule has 0 unspecified atom stereocenters. The second-order valence-electron chi connectivity index (χ2n) is 3.81. The highest BCUT2D eigenvalue weighted by atomic mass is 32.2. The van der Waals surface area contributed by atoms with E-state index in [1.807, 2.05) is 4.72 Å². The van der Waals surface area contributed by atoms with Crippen LogP contribution in [0.15, 0.2) is 28.1 Å².